The molecule has 7 nitrogen and oxygen atoms in total. The summed E-state index contributed by atoms with van der Waals surface area (Å²) in [6.07, 6.45) is 2.63. The van der Waals surface area contributed by atoms with Crippen LogP contribution in [0.4, 0.5) is 0 Å². The second kappa shape index (κ2) is 4.63. The Hall–Kier alpha value is -2.74. The summed E-state index contributed by atoms with van der Waals surface area (Å²) >= 11 is 0. The first-order chi connectivity index (χ1) is 10.9. The lowest BCUT2D eigenvalue weighted by Crippen LogP contribution is -2.11. The number of aryl methyl sites for hydroxylation is 1. The maximum absolute atomic E-state index is 12.3. The fraction of sp³-hybridized carbons (Fsp3) is 0.133. The monoisotopic (exact) mass is 328 g/mol. The van der Waals surface area contributed by atoms with E-state index in [1.807, 2.05) is 24.3 Å². The number of nitrogens with zero attached hydrogens (tertiary/aromatic N) is 4. The quantitative estimate of drug-likeness (QED) is 0.561. The van der Waals surface area contributed by atoms with E-state index < -0.39 is 10.0 Å². The van der Waals surface area contributed by atoms with E-state index in [9.17, 15) is 8.42 Å². The maximum Gasteiger partial charge on any atom is 0.238 e. The third-order valence-electron chi connectivity index (χ3n) is 3.54. The molecule has 116 valence electrons. The molecule has 0 aliphatic heterocycles. The Bertz CT molecular complexity index is 1160. The van der Waals surface area contributed by atoms with Crippen molar-refractivity contribution in [2.75, 3.05) is 6.26 Å². The van der Waals surface area contributed by atoms with Gasteiger partial charge in [0.05, 0.1) is 23.7 Å². The van der Waals surface area contributed by atoms with Crippen LogP contribution in [0.2, 0.25) is 0 Å². The van der Waals surface area contributed by atoms with Crippen LogP contribution in [0.3, 0.4) is 0 Å². The second-order valence-electron chi connectivity index (χ2n) is 5.30. The summed E-state index contributed by atoms with van der Waals surface area (Å²) in [5.41, 5.74) is 2.37. The number of imidazole rings is 1. The zero-order valence-corrected chi connectivity index (χ0v) is 13.2. The smallest absolute Gasteiger partial charge is 0.238 e. The minimum atomic E-state index is -3.60. The predicted molar refractivity (Wildman–Crippen MR) is 85.5 cm³/mol. The SMILES string of the molecule is Cc1cc(-c2nc3c4ccccc4ncc3n2S(C)(=O)=O)on1. The van der Waals surface area contributed by atoms with Crippen molar-refractivity contribution >= 4 is 32.0 Å². The molecule has 8 heteroatoms. The van der Waals surface area contributed by atoms with Crippen LogP contribution in [0.1, 0.15) is 5.69 Å². The van der Waals surface area contributed by atoms with E-state index in [2.05, 4.69) is 15.1 Å². The summed E-state index contributed by atoms with van der Waals surface area (Å²) in [5.74, 6) is 0.495. The number of hydrogen-bond donors (Lipinski definition) is 0. The van der Waals surface area contributed by atoms with Gasteiger partial charge < -0.3 is 4.52 Å². The van der Waals surface area contributed by atoms with Gasteiger partial charge in [0, 0.05) is 11.5 Å². The van der Waals surface area contributed by atoms with Gasteiger partial charge in [-0.1, -0.05) is 23.4 Å². The summed E-state index contributed by atoms with van der Waals surface area (Å²) in [7, 11) is -3.60. The average Bonchev–Trinajstić information content (AvgIpc) is 3.09. The highest BCUT2D eigenvalue weighted by molar-refractivity contribution is 7.89. The molecule has 0 atom stereocenters. The second-order valence-corrected chi connectivity index (χ2v) is 7.14. The number of aromatic nitrogens is 4. The number of hydrogen-bond acceptors (Lipinski definition) is 6. The molecular weight excluding hydrogens is 316 g/mol. The zero-order chi connectivity index (χ0) is 16.2. The lowest BCUT2D eigenvalue weighted by molar-refractivity contribution is 0.424. The number of benzene rings is 1. The third kappa shape index (κ3) is 2.10. The molecule has 0 saturated heterocycles. The first-order valence-corrected chi connectivity index (χ1v) is 8.70. The van der Waals surface area contributed by atoms with E-state index in [4.69, 9.17) is 4.52 Å². The molecule has 3 aromatic heterocycles. The van der Waals surface area contributed by atoms with Gasteiger partial charge in [0.2, 0.25) is 15.8 Å². The van der Waals surface area contributed by atoms with Crippen LogP contribution in [-0.2, 0) is 10.0 Å². The molecule has 0 N–H and O–H groups in total. The molecule has 0 spiro atoms. The molecule has 0 saturated carbocycles. The van der Waals surface area contributed by atoms with Crippen molar-refractivity contribution in [3.05, 3.63) is 42.2 Å². The minimum absolute atomic E-state index is 0.196. The van der Waals surface area contributed by atoms with Gasteiger partial charge in [-0.2, -0.15) is 0 Å². The highest BCUT2D eigenvalue weighted by atomic mass is 32.2. The summed E-state index contributed by atoms with van der Waals surface area (Å²) in [4.78, 5) is 8.83. The fourth-order valence-corrected chi connectivity index (χ4v) is 3.54. The van der Waals surface area contributed by atoms with Crippen molar-refractivity contribution in [1.29, 1.82) is 0 Å². The number of rotatable bonds is 2. The Labute approximate surface area is 131 Å². The largest absolute Gasteiger partial charge is 0.353 e. The van der Waals surface area contributed by atoms with Crippen molar-refractivity contribution < 1.29 is 12.9 Å². The molecule has 1 aromatic carbocycles. The van der Waals surface area contributed by atoms with Crippen LogP contribution in [-0.4, -0.2) is 33.8 Å². The highest BCUT2D eigenvalue weighted by Crippen LogP contribution is 2.30. The van der Waals surface area contributed by atoms with Crippen molar-refractivity contribution in [2.45, 2.75) is 6.92 Å². The Kier molecular flexibility index (Phi) is 2.79. The molecule has 3 heterocycles. The van der Waals surface area contributed by atoms with Gasteiger partial charge in [0.1, 0.15) is 11.0 Å². The van der Waals surface area contributed by atoms with E-state index >= 15 is 0 Å². The van der Waals surface area contributed by atoms with Gasteiger partial charge >= 0.3 is 0 Å². The van der Waals surface area contributed by atoms with Gasteiger partial charge in [-0.15, -0.1) is 0 Å². The highest BCUT2D eigenvalue weighted by Gasteiger charge is 2.23. The molecule has 0 aliphatic rings. The molecule has 23 heavy (non-hydrogen) atoms. The van der Waals surface area contributed by atoms with Crippen molar-refractivity contribution in [3.63, 3.8) is 0 Å². The molecule has 0 radical (unpaired) electrons. The van der Waals surface area contributed by atoms with Gasteiger partial charge in [-0.3, -0.25) is 4.98 Å². The molecule has 0 amide bonds. The molecule has 0 fully saturated rings. The Morgan fingerprint density at radius 3 is 2.70 bits per heavy atom. The van der Waals surface area contributed by atoms with Crippen molar-refractivity contribution in [2.24, 2.45) is 0 Å². The normalized spacial score (nSPS) is 12.3. The standard InChI is InChI=1S/C15H12N4O3S/c1-9-7-13(22-18-9)15-17-14-10-5-3-4-6-11(10)16-8-12(14)19(15)23(2,20)21/h3-8H,1-2H3. The minimum Gasteiger partial charge on any atom is -0.353 e. The van der Waals surface area contributed by atoms with Crippen LogP contribution in [0.15, 0.2) is 41.1 Å². The molecule has 0 bridgehead atoms. The summed E-state index contributed by atoms with van der Waals surface area (Å²) < 4.78 is 30.9. The topological polar surface area (TPSA) is 90.9 Å². The van der Waals surface area contributed by atoms with Gasteiger partial charge in [0.25, 0.3) is 0 Å². The summed E-state index contributed by atoms with van der Waals surface area (Å²) in [5, 5.41) is 4.59. The molecule has 0 aliphatic carbocycles. The molecule has 4 aromatic rings. The zero-order valence-electron chi connectivity index (χ0n) is 12.4. The van der Waals surface area contributed by atoms with E-state index in [0.29, 0.717) is 22.5 Å². The van der Waals surface area contributed by atoms with E-state index in [-0.39, 0.29) is 5.82 Å². The Morgan fingerprint density at radius 1 is 1.22 bits per heavy atom. The van der Waals surface area contributed by atoms with Crippen LogP contribution in [0, 0.1) is 6.92 Å². The fourth-order valence-electron chi connectivity index (χ4n) is 2.61. The van der Waals surface area contributed by atoms with Gasteiger partial charge in [0.15, 0.2) is 5.82 Å². The number of pyridine rings is 1. The number of fused-ring (bicyclic) bond motifs is 3. The molecular formula is C15H12N4O3S. The molecule has 4 rings (SSSR count). The van der Waals surface area contributed by atoms with E-state index in [1.165, 1.54) is 6.20 Å². The van der Waals surface area contributed by atoms with E-state index in [1.54, 1.807) is 13.0 Å². The van der Waals surface area contributed by atoms with Crippen LogP contribution >= 0.6 is 0 Å². The van der Waals surface area contributed by atoms with Gasteiger partial charge in [-0.05, 0) is 13.0 Å². The van der Waals surface area contributed by atoms with Crippen LogP contribution < -0.4 is 0 Å². The molecule has 0 unspecified atom stereocenters. The lowest BCUT2D eigenvalue weighted by Gasteiger charge is -2.04. The first-order valence-electron chi connectivity index (χ1n) is 6.85. The van der Waals surface area contributed by atoms with Crippen molar-refractivity contribution in [1.82, 2.24) is 19.1 Å². The van der Waals surface area contributed by atoms with Crippen LogP contribution in [0.5, 0.6) is 0 Å². The summed E-state index contributed by atoms with van der Waals surface area (Å²) in [6.45, 7) is 1.76. The third-order valence-corrected chi connectivity index (χ3v) is 4.57. The average molecular weight is 328 g/mol. The van der Waals surface area contributed by atoms with Gasteiger partial charge in [-0.25, -0.2) is 17.4 Å². The maximum atomic E-state index is 12.3. The Balaban J connectivity index is 2.19. The van der Waals surface area contributed by atoms with E-state index in [0.717, 1.165) is 21.1 Å². The number of para-hydroxylation sites is 1. The predicted octanol–water partition coefficient (Wildman–Crippen LogP) is 2.36. The summed E-state index contributed by atoms with van der Waals surface area (Å²) in [6, 6.07) is 9.10. The lowest BCUT2D eigenvalue weighted by atomic mass is 10.2. The van der Waals surface area contributed by atoms with Crippen molar-refractivity contribution in [3.8, 4) is 11.6 Å². The first kappa shape index (κ1) is 13.9. The van der Waals surface area contributed by atoms with Crippen LogP contribution in [0.25, 0.3) is 33.5 Å². The Morgan fingerprint density at radius 2 is 2.00 bits per heavy atom.